The monoisotopic (exact) mass is 374 g/mol. The highest BCUT2D eigenvalue weighted by Crippen LogP contribution is 2.69. The number of carbonyl (C=O) groups excluding carboxylic acids is 1. The van der Waals surface area contributed by atoms with Crippen LogP contribution in [0.15, 0.2) is 11.6 Å². The molecule has 8 atom stereocenters. The van der Waals surface area contributed by atoms with Gasteiger partial charge in [0.15, 0.2) is 0 Å². The Morgan fingerprint density at radius 1 is 1.04 bits per heavy atom. The van der Waals surface area contributed by atoms with Gasteiger partial charge in [-0.15, -0.1) is 0 Å². The van der Waals surface area contributed by atoms with Gasteiger partial charge in [-0.05, 0) is 92.4 Å². The molecule has 0 amide bonds. The zero-order chi connectivity index (χ0) is 19.0. The summed E-state index contributed by atoms with van der Waals surface area (Å²) in [6.45, 7) is 5.15. The summed E-state index contributed by atoms with van der Waals surface area (Å²) < 4.78 is 5.20. The third kappa shape index (κ3) is 2.32. The first-order valence-corrected chi connectivity index (χ1v) is 11.1. The molecule has 5 rings (SSSR count). The van der Waals surface area contributed by atoms with Crippen LogP contribution < -0.4 is 0 Å². The third-order valence-electron chi connectivity index (χ3n) is 9.96. The molecule has 4 heteroatoms. The summed E-state index contributed by atoms with van der Waals surface area (Å²) in [5.41, 5.74) is 0.600. The van der Waals surface area contributed by atoms with E-state index in [0.717, 1.165) is 56.9 Å². The number of esters is 1. The van der Waals surface area contributed by atoms with E-state index in [1.54, 1.807) is 6.08 Å². The third-order valence-corrected chi connectivity index (χ3v) is 9.96. The standard InChI is InChI=1S/C23H34O4/c1-21-8-5-16(24)12-15(21)3-4-19-18(21)6-9-22(2)17(7-10-23(19,22)26)14-11-20(25)27-13-14/h11,15-19,24,26H,3-10,12-13H2,1-2H3/t15-,16-,17+,18-,19-,21-,22+,23-/m0/s1. The Morgan fingerprint density at radius 3 is 2.59 bits per heavy atom. The number of aliphatic hydroxyl groups excluding tert-OH is 1. The molecule has 0 saturated heterocycles. The molecule has 0 spiro atoms. The van der Waals surface area contributed by atoms with Gasteiger partial charge in [-0.2, -0.15) is 0 Å². The predicted octanol–water partition coefficient (Wildman–Crippen LogP) is 3.60. The van der Waals surface area contributed by atoms with Gasteiger partial charge in [0.25, 0.3) is 0 Å². The maximum absolute atomic E-state index is 12.1. The molecule has 5 aliphatic rings. The van der Waals surface area contributed by atoms with Crippen molar-refractivity contribution in [3.05, 3.63) is 11.6 Å². The Morgan fingerprint density at radius 2 is 1.85 bits per heavy atom. The van der Waals surface area contributed by atoms with Crippen LogP contribution in [-0.2, 0) is 9.53 Å². The van der Waals surface area contributed by atoms with E-state index < -0.39 is 5.60 Å². The zero-order valence-electron chi connectivity index (χ0n) is 16.7. The molecule has 0 unspecified atom stereocenters. The fourth-order valence-electron chi connectivity index (χ4n) is 8.39. The van der Waals surface area contributed by atoms with E-state index in [2.05, 4.69) is 13.8 Å². The molecule has 2 N–H and O–H groups in total. The molecule has 1 heterocycles. The van der Waals surface area contributed by atoms with E-state index in [1.165, 1.54) is 6.42 Å². The molecule has 4 aliphatic carbocycles. The average molecular weight is 375 g/mol. The number of rotatable bonds is 1. The predicted molar refractivity (Wildman–Crippen MR) is 102 cm³/mol. The van der Waals surface area contributed by atoms with Crippen LogP contribution >= 0.6 is 0 Å². The van der Waals surface area contributed by atoms with E-state index in [-0.39, 0.29) is 28.8 Å². The number of cyclic esters (lactones) is 1. The first kappa shape index (κ1) is 18.2. The SMILES string of the molecule is C[C@]12CC[C@H](O)C[C@@H]1CC[C@H]1[C@@H]2CC[C@]2(C)[C@@H](C3=CC(=O)OC3)CC[C@]12O. The molecular weight excluding hydrogens is 340 g/mol. The van der Waals surface area contributed by atoms with Gasteiger partial charge in [0.2, 0.25) is 0 Å². The van der Waals surface area contributed by atoms with Crippen molar-refractivity contribution in [2.75, 3.05) is 6.61 Å². The normalized spacial score (nSPS) is 54.6. The van der Waals surface area contributed by atoms with Crippen molar-refractivity contribution >= 4 is 5.97 Å². The highest BCUT2D eigenvalue weighted by molar-refractivity contribution is 5.85. The van der Waals surface area contributed by atoms with Crippen LogP contribution in [0.4, 0.5) is 0 Å². The van der Waals surface area contributed by atoms with Gasteiger partial charge in [0.1, 0.15) is 6.61 Å². The molecule has 0 bridgehead atoms. The fraction of sp³-hybridized carbons (Fsp3) is 0.870. The van der Waals surface area contributed by atoms with Gasteiger partial charge in [-0.25, -0.2) is 4.79 Å². The maximum atomic E-state index is 12.1. The minimum Gasteiger partial charge on any atom is -0.458 e. The molecule has 0 aromatic heterocycles. The average Bonchev–Trinajstić information content (AvgIpc) is 3.16. The van der Waals surface area contributed by atoms with Gasteiger partial charge < -0.3 is 14.9 Å². The largest absolute Gasteiger partial charge is 0.458 e. The minimum absolute atomic E-state index is 0.126. The van der Waals surface area contributed by atoms with E-state index in [4.69, 9.17) is 4.74 Å². The molecule has 0 aromatic carbocycles. The molecule has 0 aromatic rings. The second-order valence-corrected chi connectivity index (χ2v) is 10.7. The lowest BCUT2D eigenvalue weighted by molar-refractivity contribution is -0.208. The molecule has 4 nitrogen and oxygen atoms in total. The molecular formula is C23H34O4. The zero-order valence-corrected chi connectivity index (χ0v) is 16.7. The van der Waals surface area contributed by atoms with E-state index in [1.807, 2.05) is 0 Å². The first-order valence-electron chi connectivity index (χ1n) is 11.1. The van der Waals surface area contributed by atoms with Crippen molar-refractivity contribution in [1.82, 2.24) is 0 Å². The number of hydrogen-bond acceptors (Lipinski definition) is 4. The summed E-state index contributed by atoms with van der Waals surface area (Å²) in [4.78, 5) is 11.6. The van der Waals surface area contributed by atoms with Crippen LogP contribution in [0.3, 0.4) is 0 Å². The molecule has 4 fully saturated rings. The second kappa shape index (κ2) is 5.82. The van der Waals surface area contributed by atoms with E-state index >= 15 is 0 Å². The Bertz CT molecular complexity index is 686. The molecule has 27 heavy (non-hydrogen) atoms. The van der Waals surface area contributed by atoms with Crippen LogP contribution in [0.5, 0.6) is 0 Å². The highest BCUT2D eigenvalue weighted by atomic mass is 16.5. The smallest absolute Gasteiger partial charge is 0.331 e. The second-order valence-electron chi connectivity index (χ2n) is 10.7. The molecule has 1 aliphatic heterocycles. The summed E-state index contributed by atoms with van der Waals surface area (Å²) in [7, 11) is 0. The quantitative estimate of drug-likeness (QED) is 0.688. The topological polar surface area (TPSA) is 66.8 Å². The highest BCUT2D eigenvalue weighted by Gasteiger charge is 2.67. The lowest BCUT2D eigenvalue weighted by atomic mass is 9.43. The van der Waals surface area contributed by atoms with Gasteiger partial charge in [0, 0.05) is 11.5 Å². The Balaban J connectivity index is 1.47. The van der Waals surface area contributed by atoms with Crippen molar-refractivity contribution in [2.24, 2.45) is 34.5 Å². The summed E-state index contributed by atoms with van der Waals surface area (Å²) in [6.07, 6.45) is 10.8. The lowest BCUT2D eigenvalue weighted by Crippen LogP contribution is -2.62. The first-order chi connectivity index (χ1) is 12.8. The van der Waals surface area contributed by atoms with E-state index in [9.17, 15) is 15.0 Å². The van der Waals surface area contributed by atoms with Crippen molar-refractivity contribution in [1.29, 1.82) is 0 Å². The number of aliphatic hydroxyl groups is 2. The summed E-state index contributed by atoms with van der Waals surface area (Å²) in [5.74, 6) is 1.59. The number of carbonyl (C=O) groups is 1. The van der Waals surface area contributed by atoms with Crippen molar-refractivity contribution in [3.8, 4) is 0 Å². The summed E-state index contributed by atoms with van der Waals surface area (Å²) in [6, 6.07) is 0. The van der Waals surface area contributed by atoms with Gasteiger partial charge >= 0.3 is 5.97 Å². The minimum atomic E-state index is -0.628. The Hall–Kier alpha value is -0.870. The van der Waals surface area contributed by atoms with Gasteiger partial charge in [-0.3, -0.25) is 0 Å². The van der Waals surface area contributed by atoms with E-state index in [0.29, 0.717) is 24.4 Å². The number of ether oxygens (including phenoxy) is 1. The molecule has 150 valence electrons. The maximum Gasteiger partial charge on any atom is 0.331 e. The number of hydrogen-bond donors (Lipinski definition) is 2. The Labute approximate surface area is 162 Å². The van der Waals surface area contributed by atoms with Crippen LogP contribution in [0.1, 0.15) is 71.6 Å². The molecule has 0 radical (unpaired) electrons. The van der Waals surface area contributed by atoms with Gasteiger partial charge in [-0.1, -0.05) is 13.8 Å². The Kier molecular flexibility index (Phi) is 3.92. The van der Waals surface area contributed by atoms with Crippen molar-refractivity contribution in [2.45, 2.75) is 83.3 Å². The lowest BCUT2D eigenvalue weighted by Gasteiger charge is -2.63. The van der Waals surface area contributed by atoms with Crippen molar-refractivity contribution in [3.63, 3.8) is 0 Å². The summed E-state index contributed by atoms with van der Waals surface area (Å²) in [5, 5.41) is 22.3. The molecule has 4 saturated carbocycles. The summed E-state index contributed by atoms with van der Waals surface area (Å²) >= 11 is 0. The van der Waals surface area contributed by atoms with Crippen LogP contribution in [0.2, 0.25) is 0 Å². The fourth-order valence-corrected chi connectivity index (χ4v) is 8.39. The number of fused-ring (bicyclic) bond motifs is 5. The van der Waals surface area contributed by atoms with Crippen molar-refractivity contribution < 1.29 is 19.7 Å². The van der Waals surface area contributed by atoms with Gasteiger partial charge in [0.05, 0.1) is 11.7 Å². The van der Waals surface area contributed by atoms with Crippen LogP contribution in [-0.4, -0.2) is 34.5 Å². The van der Waals surface area contributed by atoms with Crippen LogP contribution in [0, 0.1) is 34.5 Å². The van der Waals surface area contributed by atoms with Crippen LogP contribution in [0.25, 0.3) is 0 Å².